The van der Waals surface area contributed by atoms with Gasteiger partial charge in [-0.1, -0.05) is 6.92 Å². The zero-order valence-electron chi connectivity index (χ0n) is 11.4. The first-order chi connectivity index (χ1) is 9.01. The SMILES string of the molecule is COC(=O)c1cncnc1N(C)CC(C)C(=O)OC. The van der Waals surface area contributed by atoms with Crippen LogP contribution in [-0.4, -0.2) is 49.7 Å². The largest absolute Gasteiger partial charge is 0.469 e. The fourth-order valence-corrected chi connectivity index (χ4v) is 1.65. The smallest absolute Gasteiger partial charge is 0.343 e. The van der Waals surface area contributed by atoms with Crippen molar-refractivity contribution in [1.29, 1.82) is 0 Å². The molecule has 0 radical (unpaired) electrons. The van der Waals surface area contributed by atoms with Gasteiger partial charge in [-0.2, -0.15) is 0 Å². The van der Waals surface area contributed by atoms with Gasteiger partial charge in [0.2, 0.25) is 0 Å². The highest BCUT2D eigenvalue weighted by molar-refractivity contribution is 5.94. The molecular weight excluding hydrogens is 250 g/mol. The van der Waals surface area contributed by atoms with E-state index in [0.29, 0.717) is 12.4 Å². The summed E-state index contributed by atoms with van der Waals surface area (Å²) in [6.07, 6.45) is 2.72. The molecule has 1 atom stereocenters. The first-order valence-corrected chi connectivity index (χ1v) is 5.68. The summed E-state index contributed by atoms with van der Waals surface area (Å²) in [6.45, 7) is 2.11. The van der Waals surface area contributed by atoms with Gasteiger partial charge in [-0.05, 0) is 0 Å². The standard InChI is InChI=1S/C12H17N3O4/c1-8(11(16)18-3)6-15(2)10-9(12(17)19-4)5-13-7-14-10/h5,7-8H,6H2,1-4H3. The third kappa shape index (κ3) is 3.64. The zero-order valence-corrected chi connectivity index (χ0v) is 11.4. The van der Waals surface area contributed by atoms with Gasteiger partial charge in [0.25, 0.3) is 0 Å². The molecule has 0 amide bonds. The number of hydrogen-bond donors (Lipinski definition) is 0. The average Bonchev–Trinajstić information content (AvgIpc) is 2.45. The molecule has 0 aliphatic rings. The highest BCUT2D eigenvalue weighted by atomic mass is 16.5. The third-order valence-electron chi connectivity index (χ3n) is 2.61. The fourth-order valence-electron chi connectivity index (χ4n) is 1.65. The van der Waals surface area contributed by atoms with E-state index < -0.39 is 5.97 Å². The summed E-state index contributed by atoms with van der Waals surface area (Å²) in [7, 11) is 4.35. The Morgan fingerprint density at radius 3 is 2.63 bits per heavy atom. The highest BCUT2D eigenvalue weighted by Gasteiger charge is 2.21. The number of methoxy groups -OCH3 is 2. The lowest BCUT2D eigenvalue weighted by Crippen LogP contribution is -2.31. The first kappa shape index (κ1) is 14.9. The van der Waals surface area contributed by atoms with E-state index in [0.717, 1.165) is 0 Å². The Balaban J connectivity index is 2.90. The molecule has 0 aromatic carbocycles. The van der Waals surface area contributed by atoms with E-state index in [9.17, 15) is 9.59 Å². The summed E-state index contributed by atoms with van der Waals surface area (Å²) < 4.78 is 9.32. The van der Waals surface area contributed by atoms with Crippen LogP contribution in [0, 0.1) is 5.92 Å². The Labute approximate surface area is 111 Å². The minimum atomic E-state index is -0.520. The van der Waals surface area contributed by atoms with Crippen molar-refractivity contribution in [2.45, 2.75) is 6.92 Å². The Hall–Kier alpha value is -2.18. The van der Waals surface area contributed by atoms with Crippen LogP contribution in [0.25, 0.3) is 0 Å². The molecule has 1 aromatic rings. The average molecular weight is 267 g/mol. The molecule has 7 heteroatoms. The van der Waals surface area contributed by atoms with Crippen LogP contribution in [0.15, 0.2) is 12.5 Å². The van der Waals surface area contributed by atoms with Crippen LogP contribution in [-0.2, 0) is 14.3 Å². The Bertz CT molecular complexity index is 464. The molecule has 0 fully saturated rings. The van der Waals surface area contributed by atoms with Crippen molar-refractivity contribution >= 4 is 17.8 Å². The summed E-state index contributed by atoms with van der Waals surface area (Å²) in [5.41, 5.74) is 0.254. The first-order valence-electron chi connectivity index (χ1n) is 5.68. The lowest BCUT2D eigenvalue weighted by atomic mass is 10.1. The van der Waals surface area contributed by atoms with Crippen molar-refractivity contribution in [1.82, 2.24) is 9.97 Å². The summed E-state index contributed by atoms with van der Waals surface area (Å²) in [5.74, 6) is -0.762. The third-order valence-corrected chi connectivity index (χ3v) is 2.61. The molecule has 19 heavy (non-hydrogen) atoms. The summed E-state index contributed by atoms with van der Waals surface area (Å²) in [4.78, 5) is 32.5. The van der Waals surface area contributed by atoms with E-state index in [4.69, 9.17) is 0 Å². The van der Waals surface area contributed by atoms with Gasteiger partial charge < -0.3 is 14.4 Å². The predicted molar refractivity (Wildman–Crippen MR) is 67.8 cm³/mol. The minimum Gasteiger partial charge on any atom is -0.469 e. The number of anilines is 1. The Morgan fingerprint density at radius 2 is 2.05 bits per heavy atom. The molecule has 0 bridgehead atoms. The predicted octanol–water partition coefficient (Wildman–Crippen LogP) is 0.508. The van der Waals surface area contributed by atoms with Crippen LogP contribution in [0.5, 0.6) is 0 Å². The van der Waals surface area contributed by atoms with Crippen molar-refractivity contribution in [2.75, 3.05) is 32.7 Å². The molecule has 1 rings (SSSR count). The minimum absolute atomic E-state index is 0.254. The molecule has 0 saturated heterocycles. The van der Waals surface area contributed by atoms with E-state index in [2.05, 4.69) is 19.4 Å². The van der Waals surface area contributed by atoms with Crippen LogP contribution >= 0.6 is 0 Å². The fraction of sp³-hybridized carbons (Fsp3) is 0.500. The van der Waals surface area contributed by atoms with Gasteiger partial charge in [-0.3, -0.25) is 4.79 Å². The molecule has 0 aliphatic carbocycles. The van der Waals surface area contributed by atoms with Crippen LogP contribution in [0.4, 0.5) is 5.82 Å². The number of rotatable bonds is 5. The maximum absolute atomic E-state index is 11.6. The van der Waals surface area contributed by atoms with Gasteiger partial charge >= 0.3 is 11.9 Å². The molecule has 0 aliphatic heterocycles. The number of carbonyl (C=O) groups excluding carboxylic acids is 2. The summed E-state index contributed by atoms with van der Waals surface area (Å²) in [6, 6.07) is 0. The number of hydrogen-bond acceptors (Lipinski definition) is 7. The van der Waals surface area contributed by atoms with Crippen LogP contribution in [0.2, 0.25) is 0 Å². The second-order valence-corrected chi connectivity index (χ2v) is 4.06. The van der Waals surface area contributed by atoms with Crippen molar-refractivity contribution in [3.8, 4) is 0 Å². The summed E-state index contributed by atoms with van der Waals surface area (Å²) in [5, 5.41) is 0. The lowest BCUT2D eigenvalue weighted by Gasteiger charge is -2.22. The van der Waals surface area contributed by atoms with Crippen molar-refractivity contribution in [3.05, 3.63) is 18.1 Å². The van der Waals surface area contributed by atoms with Gasteiger partial charge in [0.1, 0.15) is 17.7 Å². The molecule has 0 spiro atoms. The quantitative estimate of drug-likeness (QED) is 0.719. The zero-order chi connectivity index (χ0) is 14.4. The van der Waals surface area contributed by atoms with E-state index >= 15 is 0 Å². The van der Waals surface area contributed by atoms with Gasteiger partial charge in [0.15, 0.2) is 0 Å². The van der Waals surface area contributed by atoms with Gasteiger partial charge in [-0.25, -0.2) is 14.8 Å². The highest BCUT2D eigenvalue weighted by Crippen LogP contribution is 2.17. The van der Waals surface area contributed by atoms with Crippen LogP contribution in [0.1, 0.15) is 17.3 Å². The normalized spacial score (nSPS) is 11.6. The van der Waals surface area contributed by atoms with Gasteiger partial charge in [0.05, 0.1) is 20.1 Å². The number of carbonyl (C=O) groups is 2. The number of esters is 2. The molecule has 104 valence electrons. The lowest BCUT2D eigenvalue weighted by molar-refractivity contribution is -0.144. The molecule has 7 nitrogen and oxygen atoms in total. The summed E-state index contributed by atoms with van der Waals surface area (Å²) >= 11 is 0. The molecule has 1 heterocycles. The van der Waals surface area contributed by atoms with Crippen LogP contribution < -0.4 is 4.90 Å². The topological polar surface area (TPSA) is 81.6 Å². The molecule has 0 saturated carbocycles. The van der Waals surface area contributed by atoms with E-state index in [1.165, 1.54) is 26.7 Å². The number of aromatic nitrogens is 2. The van der Waals surface area contributed by atoms with Crippen LogP contribution in [0.3, 0.4) is 0 Å². The second kappa shape index (κ2) is 6.67. The van der Waals surface area contributed by atoms with Gasteiger partial charge in [0, 0.05) is 19.8 Å². The maximum atomic E-state index is 11.6. The molecule has 1 unspecified atom stereocenters. The monoisotopic (exact) mass is 267 g/mol. The van der Waals surface area contributed by atoms with E-state index in [1.807, 2.05) is 0 Å². The van der Waals surface area contributed by atoms with Crippen molar-refractivity contribution in [2.24, 2.45) is 5.92 Å². The van der Waals surface area contributed by atoms with Crippen molar-refractivity contribution in [3.63, 3.8) is 0 Å². The van der Waals surface area contributed by atoms with Gasteiger partial charge in [-0.15, -0.1) is 0 Å². The van der Waals surface area contributed by atoms with E-state index in [-0.39, 0.29) is 17.5 Å². The molecule has 0 N–H and O–H groups in total. The number of nitrogens with zero attached hydrogens (tertiary/aromatic N) is 3. The Morgan fingerprint density at radius 1 is 1.37 bits per heavy atom. The van der Waals surface area contributed by atoms with E-state index in [1.54, 1.807) is 18.9 Å². The Kier molecular flexibility index (Phi) is 5.23. The molecule has 1 aromatic heterocycles. The number of ether oxygens (including phenoxy) is 2. The maximum Gasteiger partial charge on any atom is 0.343 e. The van der Waals surface area contributed by atoms with Crippen molar-refractivity contribution < 1.29 is 19.1 Å². The molecular formula is C12H17N3O4. The second-order valence-electron chi connectivity index (χ2n) is 4.06.